The summed E-state index contributed by atoms with van der Waals surface area (Å²) in [5.41, 5.74) is -0.252. The number of carbonyl (C=O) groups excluding carboxylic acids is 1. The number of hydrogen-bond acceptors (Lipinski definition) is 5. The number of aliphatic hydroxyl groups excluding tert-OH is 1. The van der Waals surface area contributed by atoms with Crippen molar-refractivity contribution >= 4 is 5.78 Å². The predicted octanol–water partition coefficient (Wildman–Crippen LogP) is 1.42. The summed E-state index contributed by atoms with van der Waals surface area (Å²) < 4.78 is 15.7. The van der Waals surface area contributed by atoms with E-state index in [1.165, 1.54) is 0 Å². The van der Waals surface area contributed by atoms with Gasteiger partial charge in [-0.1, -0.05) is 20.8 Å². The van der Waals surface area contributed by atoms with Gasteiger partial charge in [0.1, 0.15) is 5.78 Å². The van der Waals surface area contributed by atoms with Gasteiger partial charge >= 0.3 is 0 Å². The van der Waals surface area contributed by atoms with Crippen LogP contribution in [0.25, 0.3) is 0 Å². The lowest BCUT2D eigenvalue weighted by atomic mass is 9.88. The lowest BCUT2D eigenvalue weighted by Crippen LogP contribution is -2.20. The molecule has 0 fully saturated rings. The number of ether oxygens (including phenoxy) is 3. The zero-order chi connectivity index (χ0) is 14.6. The first kappa shape index (κ1) is 18.5. The van der Waals surface area contributed by atoms with Crippen molar-refractivity contribution in [2.45, 2.75) is 33.6 Å². The van der Waals surface area contributed by atoms with Crippen LogP contribution >= 0.6 is 0 Å². The molecule has 0 aliphatic heterocycles. The second-order valence-electron chi connectivity index (χ2n) is 5.34. The van der Waals surface area contributed by atoms with Crippen molar-refractivity contribution in [3.8, 4) is 0 Å². The molecule has 114 valence electrons. The molecule has 0 spiro atoms. The van der Waals surface area contributed by atoms with Crippen molar-refractivity contribution in [3.05, 3.63) is 0 Å². The maximum absolute atomic E-state index is 11.6. The Bertz CT molecular complexity index is 222. The molecule has 0 atom stereocenters. The monoisotopic (exact) mass is 276 g/mol. The number of ketones is 1. The molecule has 0 aromatic heterocycles. The highest BCUT2D eigenvalue weighted by atomic mass is 16.5. The first-order valence-electron chi connectivity index (χ1n) is 6.86. The van der Waals surface area contributed by atoms with E-state index < -0.39 is 0 Å². The van der Waals surface area contributed by atoms with Crippen molar-refractivity contribution in [2.24, 2.45) is 5.41 Å². The summed E-state index contributed by atoms with van der Waals surface area (Å²) in [6.45, 7) is 8.82. The third kappa shape index (κ3) is 12.3. The molecular formula is C14H28O5. The third-order valence-corrected chi connectivity index (χ3v) is 2.51. The number of rotatable bonds is 12. The fourth-order valence-electron chi connectivity index (χ4n) is 1.32. The van der Waals surface area contributed by atoms with Crippen LogP contribution in [0, 0.1) is 5.41 Å². The zero-order valence-electron chi connectivity index (χ0n) is 12.4. The molecule has 0 heterocycles. The first-order chi connectivity index (χ1) is 8.98. The number of hydrogen-bond donors (Lipinski definition) is 1. The van der Waals surface area contributed by atoms with E-state index in [1.807, 2.05) is 20.8 Å². The fraction of sp³-hybridized carbons (Fsp3) is 0.929. The van der Waals surface area contributed by atoms with Crippen LogP contribution < -0.4 is 0 Å². The van der Waals surface area contributed by atoms with E-state index in [-0.39, 0.29) is 17.8 Å². The zero-order valence-corrected chi connectivity index (χ0v) is 12.4. The Labute approximate surface area is 116 Å². The molecule has 0 aromatic carbocycles. The molecule has 0 bridgehead atoms. The highest BCUT2D eigenvalue weighted by Crippen LogP contribution is 2.17. The number of carbonyl (C=O) groups is 1. The van der Waals surface area contributed by atoms with Crippen LogP contribution in [0.5, 0.6) is 0 Å². The van der Waals surface area contributed by atoms with Crippen molar-refractivity contribution in [2.75, 3.05) is 46.2 Å². The van der Waals surface area contributed by atoms with Gasteiger partial charge in [0.05, 0.1) is 39.6 Å². The Morgan fingerprint density at radius 2 is 1.37 bits per heavy atom. The van der Waals surface area contributed by atoms with Gasteiger partial charge in [0.25, 0.3) is 0 Å². The van der Waals surface area contributed by atoms with Gasteiger partial charge in [-0.2, -0.15) is 0 Å². The highest BCUT2D eigenvalue weighted by molar-refractivity contribution is 5.83. The molecule has 19 heavy (non-hydrogen) atoms. The average Bonchev–Trinajstić information content (AvgIpc) is 2.34. The van der Waals surface area contributed by atoms with Gasteiger partial charge in [0.2, 0.25) is 0 Å². The van der Waals surface area contributed by atoms with E-state index in [1.54, 1.807) is 0 Å². The molecule has 0 aliphatic carbocycles. The lowest BCUT2D eigenvalue weighted by Gasteiger charge is -2.16. The highest BCUT2D eigenvalue weighted by Gasteiger charge is 2.19. The van der Waals surface area contributed by atoms with Gasteiger partial charge in [0.15, 0.2) is 0 Å². The Hall–Kier alpha value is -0.490. The average molecular weight is 276 g/mol. The van der Waals surface area contributed by atoms with Gasteiger partial charge < -0.3 is 19.3 Å². The maximum atomic E-state index is 11.6. The molecule has 0 unspecified atom stereocenters. The summed E-state index contributed by atoms with van der Waals surface area (Å²) in [5.74, 6) is 0.272. The molecule has 1 N–H and O–H groups in total. The van der Waals surface area contributed by atoms with Gasteiger partial charge in [-0.25, -0.2) is 0 Å². The largest absolute Gasteiger partial charge is 0.394 e. The molecule has 0 saturated heterocycles. The molecule has 5 nitrogen and oxygen atoms in total. The van der Waals surface area contributed by atoms with Crippen molar-refractivity contribution < 1.29 is 24.1 Å². The van der Waals surface area contributed by atoms with Gasteiger partial charge in [-0.05, 0) is 6.42 Å². The van der Waals surface area contributed by atoms with Crippen LogP contribution in [0.2, 0.25) is 0 Å². The Morgan fingerprint density at radius 3 is 1.84 bits per heavy atom. The van der Waals surface area contributed by atoms with E-state index in [9.17, 15) is 4.79 Å². The lowest BCUT2D eigenvalue weighted by molar-refractivity contribution is -0.126. The number of Topliss-reactive ketones (excluding diaryl/α,β-unsaturated/α-hetero) is 1. The third-order valence-electron chi connectivity index (χ3n) is 2.51. The minimum atomic E-state index is -0.252. The van der Waals surface area contributed by atoms with Gasteiger partial charge in [0, 0.05) is 18.4 Å². The molecule has 0 saturated carbocycles. The van der Waals surface area contributed by atoms with E-state index in [0.29, 0.717) is 46.1 Å². The predicted molar refractivity (Wildman–Crippen MR) is 73.2 cm³/mol. The van der Waals surface area contributed by atoms with Crippen LogP contribution in [0.4, 0.5) is 0 Å². The van der Waals surface area contributed by atoms with Crippen LogP contribution in [0.1, 0.15) is 33.6 Å². The fourth-order valence-corrected chi connectivity index (χ4v) is 1.32. The molecule has 5 heteroatoms. The standard InChI is InChI=1S/C14H28O5/c1-14(2,3)13(16)5-4-7-17-9-11-19-12-10-18-8-6-15/h15H,4-12H2,1-3H3. The van der Waals surface area contributed by atoms with E-state index in [0.717, 1.165) is 6.42 Å². The summed E-state index contributed by atoms with van der Waals surface area (Å²) in [7, 11) is 0. The second kappa shape index (κ2) is 11.3. The summed E-state index contributed by atoms with van der Waals surface area (Å²) in [6, 6.07) is 0. The normalized spacial score (nSPS) is 11.8. The first-order valence-corrected chi connectivity index (χ1v) is 6.86. The maximum Gasteiger partial charge on any atom is 0.138 e. The van der Waals surface area contributed by atoms with E-state index in [4.69, 9.17) is 19.3 Å². The Kier molecular flexibility index (Phi) is 11.1. The Balaban J connectivity index is 3.17. The quantitative estimate of drug-likeness (QED) is 0.546. The van der Waals surface area contributed by atoms with Crippen LogP contribution in [-0.2, 0) is 19.0 Å². The van der Waals surface area contributed by atoms with Crippen LogP contribution in [-0.4, -0.2) is 57.1 Å². The summed E-state index contributed by atoms with van der Waals surface area (Å²) in [6.07, 6.45) is 1.33. The molecule has 0 aromatic rings. The Morgan fingerprint density at radius 1 is 0.895 bits per heavy atom. The summed E-state index contributed by atoms with van der Waals surface area (Å²) in [5, 5.41) is 8.47. The van der Waals surface area contributed by atoms with Crippen molar-refractivity contribution in [1.82, 2.24) is 0 Å². The van der Waals surface area contributed by atoms with Gasteiger partial charge in [-0.3, -0.25) is 4.79 Å². The minimum absolute atomic E-state index is 0.0381. The van der Waals surface area contributed by atoms with Gasteiger partial charge in [-0.15, -0.1) is 0 Å². The second-order valence-corrected chi connectivity index (χ2v) is 5.34. The SMILES string of the molecule is CC(C)(C)C(=O)CCCOCCOCCOCCO. The summed E-state index contributed by atoms with van der Waals surface area (Å²) >= 11 is 0. The molecule has 0 amide bonds. The topological polar surface area (TPSA) is 65.0 Å². The minimum Gasteiger partial charge on any atom is -0.394 e. The molecule has 0 radical (unpaired) electrons. The molecule has 0 aliphatic rings. The van der Waals surface area contributed by atoms with Crippen LogP contribution in [0.15, 0.2) is 0 Å². The van der Waals surface area contributed by atoms with E-state index in [2.05, 4.69) is 0 Å². The van der Waals surface area contributed by atoms with Crippen LogP contribution in [0.3, 0.4) is 0 Å². The van der Waals surface area contributed by atoms with Crippen molar-refractivity contribution in [3.63, 3.8) is 0 Å². The number of aliphatic hydroxyl groups is 1. The summed E-state index contributed by atoms with van der Waals surface area (Å²) in [4.78, 5) is 11.6. The molecule has 0 rings (SSSR count). The van der Waals surface area contributed by atoms with Crippen molar-refractivity contribution in [1.29, 1.82) is 0 Å². The smallest absolute Gasteiger partial charge is 0.138 e. The molecular weight excluding hydrogens is 248 g/mol. The van der Waals surface area contributed by atoms with E-state index >= 15 is 0 Å².